The number of carbonyl (C=O) groups is 1. The minimum Gasteiger partial charge on any atom is -0.378 e. The van der Waals surface area contributed by atoms with E-state index in [2.05, 4.69) is 17.4 Å². The van der Waals surface area contributed by atoms with Crippen molar-refractivity contribution in [3.8, 4) is 0 Å². The first-order valence-corrected chi connectivity index (χ1v) is 7.44. The second kappa shape index (κ2) is 8.02. The number of amides is 1. The van der Waals surface area contributed by atoms with Gasteiger partial charge in [0, 0.05) is 13.2 Å². The SMILES string of the molecule is NCCc1ccc(CNC(=O)CC2CCCCO2)cc1. The summed E-state index contributed by atoms with van der Waals surface area (Å²) in [5, 5.41) is 2.95. The van der Waals surface area contributed by atoms with Gasteiger partial charge in [-0.15, -0.1) is 0 Å². The summed E-state index contributed by atoms with van der Waals surface area (Å²) in [4.78, 5) is 11.8. The zero-order valence-corrected chi connectivity index (χ0v) is 11.9. The summed E-state index contributed by atoms with van der Waals surface area (Å²) in [7, 11) is 0. The Bertz CT molecular complexity index is 411. The molecule has 1 aromatic carbocycles. The fourth-order valence-corrected chi connectivity index (χ4v) is 2.44. The van der Waals surface area contributed by atoms with Crippen LogP contribution in [0.2, 0.25) is 0 Å². The van der Waals surface area contributed by atoms with Crippen LogP contribution >= 0.6 is 0 Å². The average molecular weight is 276 g/mol. The summed E-state index contributed by atoms with van der Waals surface area (Å²) in [6, 6.07) is 8.22. The van der Waals surface area contributed by atoms with Crippen molar-refractivity contribution in [2.45, 2.75) is 44.8 Å². The highest BCUT2D eigenvalue weighted by atomic mass is 16.5. The molecule has 4 nitrogen and oxygen atoms in total. The molecule has 1 fully saturated rings. The van der Waals surface area contributed by atoms with Crippen molar-refractivity contribution in [2.24, 2.45) is 5.73 Å². The summed E-state index contributed by atoms with van der Waals surface area (Å²) in [5.74, 6) is 0.0722. The van der Waals surface area contributed by atoms with E-state index >= 15 is 0 Å². The van der Waals surface area contributed by atoms with E-state index in [0.29, 0.717) is 19.5 Å². The molecule has 0 saturated carbocycles. The van der Waals surface area contributed by atoms with Gasteiger partial charge in [-0.3, -0.25) is 4.79 Å². The maximum absolute atomic E-state index is 11.8. The Morgan fingerprint density at radius 3 is 2.65 bits per heavy atom. The normalized spacial score (nSPS) is 18.8. The number of nitrogens with two attached hydrogens (primary N) is 1. The molecule has 20 heavy (non-hydrogen) atoms. The van der Waals surface area contributed by atoms with E-state index in [1.807, 2.05) is 12.1 Å². The lowest BCUT2D eigenvalue weighted by atomic mass is 10.1. The van der Waals surface area contributed by atoms with Gasteiger partial charge in [-0.25, -0.2) is 0 Å². The lowest BCUT2D eigenvalue weighted by Crippen LogP contribution is -2.30. The predicted octanol–water partition coefficient (Wildman–Crippen LogP) is 1.76. The van der Waals surface area contributed by atoms with Crippen molar-refractivity contribution in [3.63, 3.8) is 0 Å². The first-order valence-electron chi connectivity index (χ1n) is 7.44. The predicted molar refractivity (Wildman–Crippen MR) is 79.3 cm³/mol. The van der Waals surface area contributed by atoms with E-state index in [1.165, 1.54) is 12.0 Å². The van der Waals surface area contributed by atoms with Crippen molar-refractivity contribution < 1.29 is 9.53 Å². The van der Waals surface area contributed by atoms with Crippen LogP contribution in [0.15, 0.2) is 24.3 Å². The quantitative estimate of drug-likeness (QED) is 0.832. The van der Waals surface area contributed by atoms with E-state index < -0.39 is 0 Å². The highest BCUT2D eigenvalue weighted by Crippen LogP contribution is 2.15. The van der Waals surface area contributed by atoms with E-state index in [9.17, 15) is 4.79 Å². The lowest BCUT2D eigenvalue weighted by molar-refractivity contribution is -0.125. The lowest BCUT2D eigenvalue weighted by Gasteiger charge is -2.21. The van der Waals surface area contributed by atoms with Gasteiger partial charge in [-0.2, -0.15) is 0 Å². The van der Waals surface area contributed by atoms with Crippen LogP contribution in [0.25, 0.3) is 0 Å². The van der Waals surface area contributed by atoms with Gasteiger partial charge in [-0.1, -0.05) is 24.3 Å². The first-order chi connectivity index (χ1) is 9.78. The van der Waals surface area contributed by atoms with Gasteiger partial charge in [0.2, 0.25) is 5.91 Å². The van der Waals surface area contributed by atoms with E-state index in [1.54, 1.807) is 0 Å². The maximum atomic E-state index is 11.8. The fraction of sp³-hybridized carbons (Fsp3) is 0.562. The van der Waals surface area contributed by atoms with Crippen LogP contribution in [0.4, 0.5) is 0 Å². The number of nitrogens with one attached hydrogen (secondary N) is 1. The number of ether oxygens (including phenoxy) is 1. The molecule has 0 aromatic heterocycles. The number of hydrogen-bond donors (Lipinski definition) is 2. The number of carbonyl (C=O) groups excluding carboxylic acids is 1. The smallest absolute Gasteiger partial charge is 0.222 e. The second-order valence-electron chi connectivity index (χ2n) is 5.32. The van der Waals surface area contributed by atoms with Crippen molar-refractivity contribution in [1.82, 2.24) is 5.32 Å². The van der Waals surface area contributed by atoms with Crippen LogP contribution < -0.4 is 11.1 Å². The van der Waals surface area contributed by atoms with Crippen molar-refractivity contribution in [2.75, 3.05) is 13.2 Å². The zero-order chi connectivity index (χ0) is 14.2. The summed E-state index contributed by atoms with van der Waals surface area (Å²) >= 11 is 0. The molecule has 1 saturated heterocycles. The third kappa shape index (κ3) is 4.94. The standard InChI is InChI=1S/C16H24N2O2/c17-9-8-13-4-6-14(7-5-13)12-18-16(19)11-15-3-1-2-10-20-15/h4-7,15H,1-3,8-12,17H2,(H,18,19). The molecule has 1 unspecified atom stereocenters. The van der Waals surface area contributed by atoms with Gasteiger partial charge < -0.3 is 15.8 Å². The van der Waals surface area contributed by atoms with Gasteiger partial charge in [0.05, 0.1) is 12.5 Å². The van der Waals surface area contributed by atoms with Crippen LogP contribution in [-0.2, 0) is 22.5 Å². The molecule has 1 aliphatic rings. The molecule has 0 aliphatic carbocycles. The van der Waals surface area contributed by atoms with Crippen LogP contribution in [-0.4, -0.2) is 25.2 Å². The van der Waals surface area contributed by atoms with Crippen LogP contribution in [0.5, 0.6) is 0 Å². The third-order valence-corrected chi connectivity index (χ3v) is 3.63. The zero-order valence-electron chi connectivity index (χ0n) is 11.9. The molecule has 1 aromatic rings. The Labute approximate surface area is 120 Å². The molecule has 1 amide bonds. The first kappa shape index (κ1) is 15.0. The van der Waals surface area contributed by atoms with E-state index in [4.69, 9.17) is 10.5 Å². The molecule has 2 rings (SSSR count). The number of hydrogen-bond acceptors (Lipinski definition) is 3. The Morgan fingerprint density at radius 1 is 1.25 bits per heavy atom. The molecular weight excluding hydrogens is 252 g/mol. The summed E-state index contributed by atoms with van der Waals surface area (Å²) < 4.78 is 5.57. The van der Waals surface area contributed by atoms with Gasteiger partial charge >= 0.3 is 0 Å². The van der Waals surface area contributed by atoms with Crippen LogP contribution in [0.1, 0.15) is 36.8 Å². The van der Waals surface area contributed by atoms with Gasteiger partial charge in [0.1, 0.15) is 0 Å². The van der Waals surface area contributed by atoms with Gasteiger partial charge in [-0.05, 0) is 43.4 Å². The highest BCUT2D eigenvalue weighted by molar-refractivity contribution is 5.76. The largest absolute Gasteiger partial charge is 0.378 e. The highest BCUT2D eigenvalue weighted by Gasteiger charge is 2.17. The molecule has 1 atom stereocenters. The van der Waals surface area contributed by atoms with Gasteiger partial charge in [0.25, 0.3) is 0 Å². The molecule has 1 aliphatic heterocycles. The van der Waals surface area contributed by atoms with Crippen molar-refractivity contribution in [3.05, 3.63) is 35.4 Å². The molecule has 110 valence electrons. The van der Waals surface area contributed by atoms with E-state index in [0.717, 1.165) is 31.4 Å². The topological polar surface area (TPSA) is 64.3 Å². The van der Waals surface area contributed by atoms with Gasteiger partial charge in [0.15, 0.2) is 0 Å². The van der Waals surface area contributed by atoms with Crippen LogP contribution in [0, 0.1) is 0 Å². The van der Waals surface area contributed by atoms with Crippen LogP contribution in [0.3, 0.4) is 0 Å². The second-order valence-corrected chi connectivity index (χ2v) is 5.32. The summed E-state index contributed by atoms with van der Waals surface area (Å²) in [6.45, 7) is 2.03. The average Bonchev–Trinajstić information content (AvgIpc) is 2.48. The molecule has 0 bridgehead atoms. The Morgan fingerprint density at radius 2 is 2.00 bits per heavy atom. The Kier molecular flexibility index (Phi) is 6.02. The molecule has 3 N–H and O–H groups in total. The molecule has 0 radical (unpaired) electrons. The fourth-order valence-electron chi connectivity index (χ4n) is 2.44. The number of rotatable bonds is 6. The molecule has 4 heteroatoms. The monoisotopic (exact) mass is 276 g/mol. The van der Waals surface area contributed by atoms with E-state index in [-0.39, 0.29) is 12.0 Å². The summed E-state index contributed by atoms with van der Waals surface area (Å²) in [5.41, 5.74) is 7.87. The minimum absolute atomic E-state index is 0.0722. The number of benzene rings is 1. The third-order valence-electron chi connectivity index (χ3n) is 3.63. The molecule has 1 heterocycles. The molecular formula is C16H24N2O2. The maximum Gasteiger partial charge on any atom is 0.222 e. The Balaban J connectivity index is 1.72. The minimum atomic E-state index is 0.0722. The molecule has 0 spiro atoms. The van der Waals surface area contributed by atoms with Crippen molar-refractivity contribution in [1.29, 1.82) is 0 Å². The van der Waals surface area contributed by atoms with Crippen molar-refractivity contribution >= 4 is 5.91 Å². The Hall–Kier alpha value is -1.39. The summed E-state index contributed by atoms with van der Waals surface area (Å²) in [6.07, 6.45) is 4.77.